The second-order valence-electron chi connectivity index (χ2n) is 4.54. The van der Waals surface area contributed by atoms with Crippen LogP contribution in [0, 0.1) is 17.2 Å². The van der Waals surface area contributed by atoms with E-state index in [2.05, 4.69) is 22.0 Å². The Morgan fingerprint density at radius 1 is 1.29 bits per heavy atom. The lowest BCUT2D eigenvalue weighted by atomic mass is 9.90. The number of halogens is 1. The first-order chi connectivity index (χ1) is 8.31. The first-order valence-corrected chi connectivity index (χ1v) is 6.92. The summed E-state index contributed by atoms with van der Waals surface area (Å²) in [6.07, 6.45) is 6.50. The van der Waals surface area contributed by atoms with Crippen LogP contribution in [0.4, 0.5) is 0 Å². The molecule has 0 saturated heterocycles. The first kappa shape index (κ1) is 12.4. The van der Waals surface area contributed by atoms with Gasteiger partial charge in [0.1, 0.15) is 6.07 Å². The molecule has 2 nitrogen and oxygen atoms in total. The molecule has 1 fully saturated rings. The molecule has 0 aromatic heterocycles. The summed E-state index contributed by atoms with van der Waals surface area (Å²) >= 11 is 3.44. The van der Waals surface area contributed by atoms with Crippen LogP contribution in [0.5, 0.6) is 5.75 Å². The number of rotatable bonds is 3. The van der Waals surface area contributed by atoms with Crippen molar-refractivity contribution in [1.82, 2.24) is 0 Å². The van der Waals surface area contributed by atoms with Crippen LogP contribution in [0.3, 0.4) is 0 Å². The summed E-state index contributed by atoms with van der Waals surface area (Å²) in [6, 6.07) is 7.73. The van der Waals surface area contributed by atoms with Crippen LogP contribution in [0.2, 0.25) is 0 Å². The van der Waals surface area contributed by atoms with Gasteiger partial charge in [0.2, 0.25) is 0 Å². The number of benzene rings is 1. The molecule has 1 aliphatic carbocycles. The summed E-state index contributed by atoms with van der Waals surface area (Å²) in [4.78, 5) is 0. The molecule has 0 heterocycles. The summed E-state index contributed by atoms with van der Waals surface area (Å²) in [6.45, 7) is 0.733. The van der Waals surface area contributed by atoms with Gasteiger partial charge in [-0.25, -0.2) is 0 Å². The van der Waals surface area contributed by atoms with E-state index in [1.54, 1.807) is 6.07 Å². The molecule has 1 saturated carbocycles. The van der Waals surface area contributed by atoms with Crippen molar-refractivity contribution in [2.24, 2.45) is 5.92 Å². The number of hydrogen-bond acceptors (Lipinski definition) is 2. The van der Waals surface area contributed by atoms with Crippen LogP contribution in [0.25, 0.3) is 0 Å². The van der Waals surface area contributed by atoms with Gasteiger partial charge in [-0.2, -0.15) is 5.26 Å². The van der Waals surface area contributed by atoms with E-state index in [0.29, 0.717) is 17.2 Å². The summed E-state index contributed by atoms with van der Waals surface area (Å²) in [7, 11) is 0. The Labute approximate surface area is 111 Å². The quantitative estimate of drug-likeness (QED) is 0.833. The minimum Gasteiger partial charge on any atom is -0.491 e. The predicted molar refractivity (Wildman–Crippen MR) is 70.9 cm³/mol. The number of nitrogens with zero attached hydrogens (tertiary/aromatic N) is 1. The molecule has 0 radical (unpaired) electrons. The Balaban J connectivity index is 2.00. The van der Waals surface area contributed by atoms with Gasteiger partial charge in [-0.05, 0) is 46.8 Å². The van der Waals surface area contributed by atoms with Gasteiger partial charge >= 0.3 is 0 Å². The smallest absolute Gasteiger partial charge is 0.151 e. The van der Waals surface area contributed by atoms with Crippen molar-refractivity contribution in [2.45, 2.75) is 32.1 Å². The van der Waals surface area contributed by atoms with Crippen LogP contribution in [0.15, 0.2) is 22.7 Å². The molecular weight excluding hydrogens is 278 g/mol. The maximum absolute atomic E-state index is 9.03. The third-order valence-corrected chi connectivity index (χ3v) is 3.90. The third kappa shape index (κ3) is 3.23. The van der Waals surface area contributed by atoms with Crippen LogP contribution in [-0.2, 0) is 0 Å². The molecule has 17 heavy (non-hydrogen) atoms. The normalized spacial score (nSPS) is 16.5. The molecule has 0 amide bonds. The maximum Gasteiger partial charge on any atom is 0.151 e. The molecule has 2 rings (SSSR count). The lowest BCUT2D eigenvalue weighted by Gasteiger charge is -2.22. The highest BCUT2D eigenvalue weighted by Crippen LogP contribution is 2.30. The van der Waals surface area contributed by atoms with Crippen LogP contribution < -0.4 is 4.74 Å². The lowest BCUT2D eigenvalue weighted by Crippen LogP contribution is -2.15. The van der Waals surface area contributed by atoms with E-state index >= 15 is 0 Å². The molecule has 0 N–H and O–H groups in total. The van der Waals surface area contributed by atoms with E-state index < -0.39 is 0 Å². The molecule has 0 atom stereocenters. The van der Waals surface area contributed by atoms with E-state index in [1.807, 2.05) is 12.1 Å². The minimum atomic E-state index is 0.607. The summed E-state index contributed by atoms with van der Waals surface area (Å²) in [5.74, 6) is 1.35. The second kappa shape index (κ2) is 6.07. The minimum absolute atomic E-state index is 0.607. The lowest BCUT2D eigenvalue weighted by molar-refractivity contribution is 0.207. The fourth-order valence-electron chi connectivity index (χ4n) is 2.30. The fourth-order valence-corrected chi connectivity index (χ4v) is 2.78. The highest BCUT2D eigenvalue weighted by Gasteiger charge is 2.15. The topological polar surface area (TPSA) is 33.0 Å². The average Bonchev–Trinajstić information content (AvgIpc) is 2.38. The molecule has 1 aliphatic rings. The van der Waals surface area contributed by atoms with E-state index in [-0.39, 0.29) is 0 Å². The van der Waals surface area contributed by atoms with Crippen molar-refractivity contribution >= 4 is 15.9 Å². The fraction of sp³-hybridized carbons (Fsp3) is 0.500. The van der Waals surface area contributed by atoms with E-state index in [1.165, 1.54) is 32.1 Å². The van der Waals surface area contributed by atoms with Crippen molar-refractivity contribution in [3.8, 4) is 11.8 Å². The van der Waals surface area contributed by atoms with Crippen molar-refractivity contribution in [1.29, 1.82) is 5.26 Å². The van der Waals surface area contributed by atoms with E-state index in [4.69, 9.17) is 10.00 Å². The van der Waals surface area contributed by atoms with Gasteiger partial charge in [-0.3, -0.25) is 0 Å². The van der Waals surface area contributed by atoms with Crippen molar-refractivity contribution in [3.05, 3.63) is 28.2 Å². The molecule has 0 spiro atoms. The van der Waals surface area contributed by atoms with Gasteiger partial charge in [0.05, 0.1) is 16.6 Å². The van der Waals surface area contributed by atoms with Gasteiger partial charge in [0.25, 0.3) is 0 Å². The zero-order valence-corrected chi connectivity index (χ0v) is 11.4. The first-order valence-electron chi connectivity index (χ1n) is 6.12. The largest absolute Gasteiger partial charge is 0.491 e. The third-order valence-electron chi connectivity index (χ3n) is 3.28. The van der Waals surface area contributed by atoms with E-state index in [9.17, 15) is 0 Å². The zero-order valence-electron chi connectivity index (χ0n) is 9.79. The van der Waals surface area contributed by atoms with Gasteiger partial charge in [-0.15, -0.1) is 0 Å². The molecule has 0 bridgehead atoms. The molecule has 90 valence electrons. The Hall–Kier alpha value is -1.01. The van der Waals surface area contributed by atoms with E-state index in [0.717, 1.165) is 11.1 Å². The highest BCUT2D eigenvalue weighted by atomic mass is 79.9. The average molecular weight is 294 g/mol. The number of hydrogen-bond donors (Lipinski definition) is 0. The zero-order chi connectivity index (χ0) is 12.1. The summed E-state index contributed by atoms with van der Waals surface area (Å²) < 4.78 is 6.70. The van der Waals surface area contributed by atoms with Crippen molar-refractivity contribution < 1.29 is 4.74 Å². The number of ether oxygens (including phenoxy) is 1. The predicted octanol–water partition coefficient (Wildman–Crippen LogP) is 4.28. The second-order valence-corrected chi connectivity index (χ2v) is 5.40. The highest BCUT2D eigenvalue weighted by molar-refractivity contribution is 9.10. The SMILES string of the molecule is N#Cc1cccc(Br)c1OCC1CCCCC1. The summed E-state index contributed by atoms with van der Waals surface area (Å²) in [5, 5.41) is 9.03. The van der Waals surface area contributed by atoms with Crippen molar-refractivity contribution in [3.63, 3.8) is 0 Å². The Morgan fingerprint density at radius 2 is 2.06 bits per heavy atom. The standard InChI is InChI=1S/C14H16BrNO/c15-13-8-4-7-12(9-16)14(13)17-10-11-5-2-1-3-6-11/h4,7-8,11H,1-3,5-6,10H2. The Kier molecular flexibility index (Phi) is 4.44. The van der Waals surface area contributed by atoms with Crippen LogP contribution in [-0.4, -0.2) is 6.61 Å². The molecule has 1 aromatic carbocycles. The maximum atomic E-state index is 9.03. The Morgan fingerprint density at radius 3 is 2.76 bits per heavy atom. The molecule has 0 aliphatic heterocycles. The molecule has 3 heteroatoms. The van der Waals surface area contributed by atoms with Gasteiger partial charge < -0.3 is 4.74 Å². The van der Waals surface area contributed by atoms with Gasteiger partial charge in [-0.1, -0.05) is 25.3 Å². The number of para-hydroxylation sites is 1. The van der Waals surface area contributed by atoms with Crippen molar-refractivity contribution in [2.75, 3.05) is 6.61 Å². The van der Waals surface area contributed by atoms with Crippen LogP contribution in [0.1, 0.15) is 37.7 Å². The van der Waals surface area contributed by atoms with Gasteiger partial charge in [0, 0.05) is 0 Å². The molecule has 1 aromatic rings. The Bertz CT molecular complexity index is 419. The van der Waals surface area contributed by atoms with Gasteiger partial charge in [0.15, 0.2) is 5.75 Å². The molecule has 0 unspecified atom stereocenters. The van der Waals surface area contributed by atoms with Crippen LogP contribution >= 0.6 is 15.9 Å². The summed E-state index contributed by atoms with van der Waals surface area (Å²) in [5.41, 5.74) is 0.607. The monoisotopic (exact) mass is 293 g/mol. The number of nitriles is 1. The molecular formula is C14H16BrNO.